The van der Waals surface area contributed by atoms with Gasteiger partial charge in [-0.25, -0.2) is 0 Å². The molecule has 11 heteroatoms. The van der Waals surface area contributed by atoms with E-state index >= 15 is 0 Å². The third kappa shape index (κ3) is 7.24. The molecule has 37 heavy (non-hydrogen) atoms. The summed E-state index contributed by atoms with van der Waals surface area (Å²) in [5.74, 6) is -0.202. The predicted molar refractivity (Wildman–Crippen MR) is 150 cm³/mol. The molecule has 0 spiro atoms. The van der Waals surface area contributed by atoms with E-state index in [1.54, 1.807) is 34.1 Å². The van der Waals surface area contributed by atoms with Crippen molar-refractivity contribution in [1.29, 1.82) is 0 Å². The Morgan fingerprint density at radius 3 is 1.41 bits per heavy atom. The summed E-state index contributed by atoms with van der Waals surface area (Å²) in [6.45, 7) is 4.40. The topological polar surface area (TPSA) is 59.1 Å². The van der Waals surface area contributed by atoms with Crippen molar-refractivity contribution in [3.63, 3.8) is 0 Å². The normalized spacial score (nSPS) is 16.6. The van der Waals surface area contributed by atoms with Gasteiger partial charge in [-0.2, -0.15) is 0 Å². The molecule has 0 unspecified atom stereocenters. The van der Waals surface area contributed by atoms with Crippen LogP contribution in [0.2, 0.25) is 20.1 Å². The second-order valence-corrected chi connectivity index (χ2v) is 10.8. The molecular weight excluding hydrogens is 578 g/mol. The molecule has 0 saturated carbocycles. The predicted octanol–water partition coefficient (Wildman–Crippen LogP) is 6.20. The molecule has 2 saturated heterocycles. The average molecular weight is 602 g/mol. The quantitative estimate of drug-likeness (QED) is 0.369. The highest BCUT2D eigenvalue weighted by atomic mass is 35.5. The molecule has 2 aromatic carbocycles. The van der Waals surface area contributed by atoms with Gasteiger partial charge in [0.25, 0.3) is 0 Å². The summed E-state index contributed by atoms with van der Waals surface area (Å²) >= 11 is 27.5. The summed E-state index contributed by atoms with van der Waals surface area (Å²) in [7, 11) is 0. The van der Waals surface area contributed by atoms with Crippen LogP contribution in [-0.4, -0.2) is 74.2 Å². The first-order valence-electron chi connectivity index (χ1n) is 11.6. The first-order chi connectivity index (χ1) is 17.8. The zero-order valence-electron chi connectivity index (χ0n) is 19.7. The Morgan fingerprint density at radius 1 is 0.649 bits per heavy atom. The molecule has 2 amide bonds. The Bertz CT molecular complexity index is 1130. The summed E-state index contributed by atoms with van der Waals surface area (Å²) in [5, 5.41) is 1.36. The number of nitrogens with zero attached hydrogens (tertiary/aromatic N) is 2. The van der Waals surface area contributed by atoms with E-state index in [-0.39, 0.29) is 11.8 Å². The van der Waals surface area contributed by atoms with E-state index in [9.17, 15) is 9.59 Å². The minimum atomic E-state index is -0.101. The third-order valence-electron chi connectivity index (χ3n) is 5.83. The lowest BCUT2D eigenvalue weighted by molar-refractivity contribution is -0.130. The fourth-order valence-corrected chi connectivity index (χ4v) is 5.76. The Morgan fingerprint density at radius 2 is 1.03 bits per heavy atom. The van der Waals surface area contributed by atoms with Crippen LogP contribution in [0.15, 0.2) is 46.2 Å². The van der Waals surface area contributed by atoms with Crippen molar-refractivity contribution in [2.24, 2.45) is 0 Å². The minimum Gasteiger partial charge on any atom is -0.378 e. The molecule has 0 bridgehead atoms. The molecule has 0 radical (unpaired) electrons. The molecule has 2 aliphatic heterocycles. The Balaban J connectivity index is 1.45. The van der Waals surface area contributed by atoms with Crippen LogP contribution in [0.4, 0.5) is 0 Å². The standard InChI is InChI=1S/C26H24Cl4N2O4S/c27-23-17(3-7-21(33)31-9-13-35-14-10-31)1-5-19(25(23)29)37-20-6-2-18(24(28)26(20)30)4-8-22(34)32-11-15-36-16-12-32/h1-8H,9-16H2. The first-order valence-corrected chi connectivity index (χ1v) is 13.9. The van der Waals surface area contributed by atoms with Crippen LogP contribution in [0.25, 0.3) is 12.2 Å². The van der Waals surface area contributed by atoms with E-state index < -0.39 is 0 Å². The summed E-state index contributed by atoms with van der Waals surface area (Å²) in [4.78, 5) is 29.6. The molecule has 196 valence electrons. The Kier molecular flexibility index (Phi) is 10.2. The molecule has 2 heterocycles. The van der Waals surface area contributed by atoms with Crippen molar-refractivity contribution in [3.8, 4) is 0 Å². The van der Waals surface area contributed by atoms with Gasteiger partial charge >= 0.3 is 0 Å². The molecule has 0 atom stereocenters. The van der Waals surface area contributed by atoms with E-state index in [4.69, 9.17) is 55.9 Å². The van der Waals surface area contributed by atoms with Crippen molar-refractivity contribution >= 4 is 82.1 Å². The van der Waals surface area contributed by atoms with E-state index in [0.717, 1.165) is 0 Å². The van der Waals surface area contributed by atoms with Crippen LogP contribution in [0, 0.1) is 0 Å². The van der Waals surface area contributed by atoms with Crippen molar-refractivity contribution in [2.75, 3.05) is 52.6 Å². The number of carbonyl (C=O) groups excluding carboxylic acids is 2. The van der Waals surface area contributed by atoms with Gasteiger partial charge in [0.2, 0.25) is 11.8 Å². The first kappa shape index (κ1) is 28.3. The number of amides is 2. The van der Waals surface area contributed by atoms with Gasteiger partial charge in [0.05, 0.1) is 46.5 Å². The van der Waals surface area contributed by atoms with Crippen molar-refractivity contribution in [2.45, 2.75) is 9.79 Å². The second-order valence-electron chi connectivity index (χ2n) is 8.21. The highest BCUT2D eigenvalue weighted by molar-refractivity contribution is 7.99. The smallest absolute Gasteiger partial charge is 0.246 e. The summed E-state index contributed by atoms with van der Waals surface area (Å²) in [6, 6.07) is 7.22. The lowest BCUT2D eigenvalue weighted by atomic mass is 10.2. The number of rotatable bonds is 6. The maximum atomic E-state index is 12.4. The lowest BCUT2D eigenvalue weighted by Gasteiger charge is -2.25. The molecule has 0 aliphatic carbocycles. The number of morpholine rings is 2. The van der Waals surface area contributed by atoms with Crippen molar-refractivity contribution < 1.29 is 19.1 Å². The van der Waals surface area contributed by atoms with E-state index in [0.29, 0.717) is 93.6 Å². The van der Waals surface area contributed by atoms with Crippen molar-refractivity contribution in [3.05, 3.63) is 67.6 Å². The van der Waals surface area contributed by atoms with E-state index in [2.05, 4.69) is 0 Å². The summed E-state index contributed by atoms with van der Waals surface area (Å²) in [5.41, 5.74) is 1.26. The van der Waals surface area contributed by atoms with Gasteiger partial charge in [-0.05, 0) is 35.4 Å². The molecule has 2 aliphatic rings. The van der Waals surface area contributed by atoms with Crippen molar-refractivity contribution in [1.82, 2.24) is 9.80 Å². The SMILES string of the molecule is O=C(C=Cc1ccc(Sc2ccc(C=CC(=O)N3CCOCC3)c(Cl)c2Cl)c(Cl)c1Cl)N1CCOCC1. The largest absolute Gasteiger partial charge is 0.378 e. The number of hydrogen-bond acceptors (Lipinski definition) is 5. The number of carbonyl (C=O) groups is 2. The van der Waals surface area contributed by atoms with Gasteiger partial charge in [0.1, 0.15) is 0 Å². The molecular formula is C26H24Cl4N2O4S. The van der Waals surface area contributed by atoms with E-state index in [1.165, 1.54) is 23.9 Å². The fraction of sp³-hybridized carbons (Fsp3) is 0.308. The van der Waals surface area contributed by atoms with Gasteiger partial charge in [0.15, 0.2) is 0 Å². The average Bonchev–Trinajstić information content (AvgIpc) is 2.93. The summed E-state index contributed by atoms with van der Waals surface area (Å²) < 4.78 is 10.6. The second kappa shape index (κ2) is 13.4. The zero-order chi connectivity index (χ0) is 26.4. The van der Waals surface area contributed by atoms with Gasteiger partial charge in [-0.15, -0.1) is 0 Å². The molecule has 0 aromatic heterocycles. The van der Waals surface area contributed by atoms with Gasteiger partial charge < -0.3 is 19.3 Å². The molecule has 2 aromatic rings. The summed E-state index contributed by atoms with van der Waals surface area (Å²) in [6.07, 6.45) is 6.29. The zero-order valence-corrected chi connectivity index (χ0v) is 23.6. The van der Waals surface area contributed by atoms with Gasteiger partial charge in [-0.3, -0.25) is 9.59 Å². The number of hydrogen-bond donors (Lipinski definition) is 0. The Labute approximate surface area is 240 Å². The number of benzene rings is 2. The fourth-order valence-electron chi connectivity index (χ4n) is 3.73. The van der Waals surface area contributed by atoms with Gasteiger partial charge in [-0.1, -0.05) is 70.3 Å². The van der Waals surface area contributed by atoms with E-state index in [1.807, 2.05) is 12.1 Å². The minimum absolute atomic E-state index is 0.101. The van der Waals surface area contributed by atoms with Crippen LogP contribution < -0.4 is 0 Å². The molecule has 4 rings (SSSR count). The number of halogens is 4. The van der Waals surface area contributed by atoms with Gasteiger partial charge in [0, 0.05) is 48.1 Å². The highest BCUT2D eigenvalue weighted by Crippen LogP contribution is 2.44. The third-order valence-corrected chi connectivity index (χ3v) is 8.97. The molecule has 2 fully saturated rings. The maximum Gasteiger partial charge on any atom is 0.246 e. The molecule has 6 nitrogen and oxygen atoms in total. The van der Waals surface area contributed by atoms with Crippen LogP contribution in [0.5, 0.6) is 0 Å². The van der Waals surface area contributed by atoms with Crippen LogP contribution in [-0.2, 0) is 19.1 Å². The number of ether oxygens (including phenoxy) is 2. The maximum absolute atomic E-state index is 12.4. The lowest BCUT2D eigenvalue weighted by Crippen LogP contribution is -2.39. The van der Waals surface area contributed by atoms with Crippen LogP contribution >= 0.6 is 58.2 Å². The van der Waals surface area contributed by atoms with Crippen LogP contribution in [0.3, 0.4) is 0 Å². The Hall–Kier alpha value is -1.71. The van der Waals surface area contributed by atoms with Crippen LogP contribution in [0.1, 0.15) is 11.1 Å². The highest BCUT2D eigenvalue weighted by Gasteiger charge is 2.17. The monoisotopic (exact) mass is 600 g/mol. The molecule has 0 N–H and O–H groups in total.